The highest BCUT2D eigenvalue weighted by atomic mass is 16.5. The number of benzene rings is 2. The van der Waals surface area contributed by atoms with Crippen molar-refractivity contribution in [2.75, 3.05) is 13.7 Å². The minimum absolute atomic E-state index is 0.264. The molecule has 9 nitrogen and oxygen atoms in total. The van der Waals surface area contributed by atoms with Gasteiger partial charge in [-0.3, -0.25) is 4.79 Å². The van der Waals surface area contributed by atoms with Crippen LogP contribution >= 0.6 is 0 Å². The number of aromatic nitrogens is 3. The van der Waals surface area contributed by atoms with Crippen molar-refractivity contribution in [2.45, 2.75) is 19.0 Å². The second-order valence-corrected chi connectivity index (χ2v) is 6.70. The molecule has 3 aromatic rings. The Morgan fingerprint density at radius 1 is 1.03 bits per heavy atom. The Hall–Kier alpha value is -4.01. The Bertz CT molecular complexity index is 1000. The van der Waals surface area contributed by atoms with Gasteiger partial charge in [0.05, 0.1) is 19.2 Å². The number of nitrogens with zero attached hydrogens (tertiary/aromatic N) is 3. The van der Waals surface area contributed by atoms with Crippen LogP contribution in [0.25, 0.3) is 0 Å². The summed E-state index contributed by atoms with van der Waals surface area (Å²) in [5, 5.41) is 6.57. The summed E-state index contributed by atoms with van der Waals surface area (Å²) in [4.78, 5) is 40.3. The SMILES string of the molecule is COC(=O)C(Cc1ccccc1)NC(=O)COC(=O)c1ccc(Cn2cncn2)cc1. The lowest BCUT2D eigenvalue weighted by Crippen LogP contribution is -2.44. The standard InChI is InChI=1S/C22H22N4O5/c1-30-22(29)19(11-16-5-3-2-4-6-16)25-20(27)13-31-21(28)18-9-7-17(8-10-18)12-26-15-23-14-24-26/h2-10,14-15,19H,11-13H2,1H3,(H,25,27). The maximum Gasteiger partial charge on any atom is 0.338 e. The summed E-state index contributed by atoms with van der Waals surface area (Å²) >= 11 is 0. The number of rotatable bonds is 9. The van der Waals surface area contributed by atoms with Gasteiger partial charge in [-0.2, -0.15) is 5.10 Å². The monoisotopic (exact) mass is 422 g/mol. The number of amides is 1. The van der Waals surface area contributed by atoms with E-state index in [0.29, 0.717) is 12.1 Å². The van der Waals surface area contributed by atoms with E-state index in [9.17, 15) is 14.4 Å². The summed E-state index contributed by atoms with van der Waals surface area (Å²) in [7, 11) is 1.25. The van der Waals surface area contributed by atoms with E-state index in [4.69, 9.17) is 9.47 Å². The predicted molar refractivity (Wildman–Crippen MR) is 110 cm³/mol. The van der Waals surface area contributed by atoms with E-state index < -0.39 is 30.5 Å². The van der Waals surface area contributed by atoms with Crippen molar-refractivity contribution in [2.24, 2.45) is 0 Å². The van der Waals surface area contributed by atoms with Crippen LogP contribution in [0.1, 0.15) is 21.5 Å². The second-order valence-electron chi connectivity index (χ2n) is 6.70. The van der Waals surface area contributed by atoms with Crippen LogP contribution in [0.15, 0.2) is 67.3 Å². The maximum atomic E-state index is 12.2. The summed E-state index contributed by atoms with van der Waals surface area (Å²) in [6.45, 7) is 0.00981. The molecule has 0 saturated heterocycles. The van der Waals surface area contributed by atoms with Gasteiger partial charge in [0.15, 0.2) is 6.61 Å². The molecule has 3 rings (SSSR count). The van der Waals surface area contributed by atoms with E-state index in [1.165, 1.54) is 13.4 Å². The topological polar surface area (TPSA) is 112 Å². The van der Waals surface area contributed by atoms with Crippen molar-refractivity contribution in [3.63, 3.8) is 0 Å². The van der Waals surface area contributed by atoms with E-state index in [-0.39, 0.29) is 6.42 Å². The first kappa shape index (κ1) is 21.7. The Morgan fingerprint density at radius 3 is 2.42 bits per heavy atom. The first-order chi connectivity index (χ1) is 15.0. The van der Waals surface area contributed by atoms with Gasteiger partial charge in [-0.15, -0.1) is 0 Å². The average molecular weight is 422 g/mol. The number of nitrogens with one attached hydrogen (secondary N) is 1. The molecule has 0 radical (unpaired) electrons. The lowest BCUT2D eigenvalue weighted by molar-refractivity contribution is -0.145. The molecule has 1 aromatic heterocycles. The molecular weight excluding hydrogens is 400 g/mol. The van der Waals surface area contributed by atoms with E-state index in [1.807, 2.05) is 30.3 Å². The molecule has 0 aliphatic rings. The Morgan fingerprint density at radius 2 is 1.77 bits per heavy atom. The predicted octanol–water partition coefficient (Wildman–Crippen LogP) is 1.38. The van der Waals surface area contributed by atoms with E-state index in [2.05, 4.69) is 15.4 Å². The van der Waals surface area contributed by atoms with Gasteiger partial charge in [-0.1, -0.05) is 42.5 Å². The molecule has 0 fully saturated rings. The smallest absolute Gasteiger partial charge is 0.338 e. The quantitative estimate of drug-likeness (QED) is 0.519. The first-order valence-corrected chi connectivity index (χ1v) is 9.54. The number of carbonyl (C=O) groups excluding carboxylic acids is 3. The van der Waals surface area contributed by atoms with Crippen LogP contribution in [0.5, 0.6) is 0 Å². The fourth-order valence-electron chi connectivity index (χ4n) is 2.88. The second kappa shape index (κ2) is 10.7. The van der Waals surface area contributed by atoms with Gasteiger partial charge in [0, 0.05) is 6.42 Å². The van der Waals surface area contributed by atoms with Crippen molar-refractivity contribution < 1.29 is 23.9 Å². The van der Waals surface area contributed by atoms with Crippen LogP contribution in [-0.2, 0) is 32.0 Å². The summed E-state index contributed by atoms with van der Waals surface area (Å²) in [6.07, 6.45) is 3.31. The molecular formula is C22H22N4O5. The number of hydrogen-bond donors (Lipinski definition) is 1. The van der Waals surface area contributed by atoms with E-state index in [0.717, 1.165) is 11.1 Å². The average Bonchev–Trinajstić information content (AvgIpc) is 3.30. The highest BCUT2D eigenvalue weighted by Gasteiger charge is 2.22. The molecule has 160 valence electrons. The van der Waals surface area contributed by atoms with Crippen molar-refractivity contribution in [1.29, 1.82) is 0 Å². The van der Waals surface area contributed by atoms with Crippen LogP contribution in [-0.4, -0.2) is 52.4 Å². The zero-order valence-corrected chi connectivity index (χ0v) is 16.9. The fourth-order valence-corrected chi connectivity index (χ4v) is 2.88. The molecule has 31 heavy (non-hydrogen) atoms. The van der Waals surface area contributed by atoms with Crippen molar-refractivity contribution in [1.82, 2.24) is 20.1 Å². The Kier molecular flexibility index (Phi) is 7.47. The Balaban J connectivity index is 1.51. The maximum absolute atomic E-state index is 12.2. The third kappa shape index (κ3) is 6.49. The zero-order chi connectivity index (χ0) is 22.1. The normalized spacial score (nSPS) is 11.4. The van der Waals surface area contributed by atoms with Crippen molar-refractivity contribution in [3.8, 4) is 0 Å². The van der Waals surface area contributed by atoms with Gasteiger partial charge in [0.1, 0.15) is 18.7 Å². The van der Waals surface area contributed by atoms with Crippen LogP contribution in [0, 0.1) is 0 Å². The molecule has 0 spiro atoms. The van der Waals surface area contributed by atoms with Gasteiger partial charge < -0.3 is 14.8 Å². The summed E-state index contributed by atoms with van der Waals surface area (Å²) in [6, 6.07) is 15.1. The van der Waals surface area contributed by atoms with E-state index in [1.54, 1.807) is 35.3 Å². The largest absolute Gasteiger partial charge is 0.467 e. The molecule has 1 unspecified atom stereocenters. The molecule has 9 heteroatoms. The summed E-state index contributed by atoms with van der Waals surface area (Å²) in [5.74, 6) is -1.81. The molecule has 0 saturated carbocycles. The van der Waals surface area contributed by atoms with Gasteiger partial charge in [0.2, 0.25) is 0 Å². The van der Waals surface area contributed by atoms with Gasteiger partial charge in [-0.25, -0.2) is 19.3 Å². The van der Waals surface area contributed by atoms with Crippen molar-refractivity contribution >= 4 is 17.8 Å². The van der Waals surface area contributed by atoms with Crippen molar-refractivity contribution in [3.05, 3.63) is 83.9 Å². The van der Waals surface area contributed by atoms with Crippen LogP contribution in [0.4, 0.5) is 0 Å². The van der Waals surface area contributed by atoms with Gasteiger partial charge in [-0.05, 0) is 23.3 Å². The molecule has 1 atom stereocenters. The summed E-state index contributed by atoms with van der Waals surface area (Å²) in [5.41, 5.74) is 2.10. The lowest BCUT2D eigenvalue weighted by atomic mass is 10.1. The summed E-state index contributed by atoms with van der Waals surface area (Å²) < 4.78 is 11.5. The zero-order valence-electron chi connectivity index (χ0n) is 16.9. The van der Waals surface area contributed by atoms with Crippen LogP contribution in [0.2, 0.25) is 0 Å². The molecule has 0 aliphatic carbocycles. The minimum Gasteiger partial charge on any atom is -0.467 e. The molecule has 1 heterocycles. The third-order valence-electron chi connectivity index (χ3n) is 4.44. The molecule has 0 bridgehead atoms. The van der Waals surface area contributed by atoms with Crippen LogP contribution < -0.4 is 5.32 Å². The number of carbonyl (C=O) groups is 3. The third-order valence-corrected chi connectivity index (χ3v) is 4.44. The van der Waals surface area contributed by atoms with Crippen LogP contribution in [0.3, 0.4) is 0 Å². The lowest BCUT2D eigenvalue weighted by Gasteiger charge is -2.16. The van der Waals surface area contributed by atoms with Gasteiger partial charge in [0.25, 0.3) is 5.91 Å². The first-order valence-electron chi connectivity index (χ1n) is 9.54. The highest BCUT2D eigenvalue weighted by Crippen LogP contribution is 2.08. The fraction of sp³-hybridized carbons (Fsp3) is 0.227. The number of hydrogen-bond acceptors (Lipinski definition) is 7. The number of ether oxygens (including phenoxy) is 2. The Labute approximate surface area is 179 Å². The molecule has 2 aromatic carbocycles. The van der Waals surface area contributed by atoms with Gasteiger partial charge >= 0.3 is 11.9 Å². The molecule has 1 amide bonds. The van der Waals surface area contributed by atoms with E-state index >= 15 is 0 Å². The number of methoxy groups -OCH3 is 1. The molecule has 0 aliphatic heterocycles. The number of esters is 2. The highest BCUT2D eigenvalue weighted by molar-refractivity contribution is 5.92. The molecule has 1 N–H and O–H groups in total. The minimum atomic E-state index is -0.880.